The van der Waals surface area contributed by atoms with Crippen molar-refractivity contribution in [3.05, 3.63) is 41.7 Å². The molecule has 1 heterocycles. The summed E-state index contributed by atoms with van der Waals surface area (Å²) in [7, 11) is 0. The third-order valence-corrected chi connectivity index (χ3v) is 3.31. The first-order valence-electron chi connectivity index (χ1n) is 6.24. The fraction of sp³-hybridized carbons (Fsp3) is 0.214. The zero-order valence-electron chi connectivity index (χ0n) is 10.4. The first-order valence-corrected chi connectivity index (χ1v) is 6.24. The van der Waals surface area contributed by atoms with Crippen LogP contribution >= 0.6 is 0 Å². The predicted molar refractivity (Wildman–Crippen MR) is 72.6 cm³/mol. The van der Waals surface area contributed by atoms with Crippen LogP contribution in [-0.4, -0.2) is 21.5 Å². The maximum Gasteiger partial charge on any atom is 0.160 e. The number of hydroxylamine groups is 1. The van der Waals surface area contributed by atoms with E-state index < -0.39 is 0 Å². The van der Waals surface area contributed by atoms with Crippen LogP contribution in [0.25, 0.3) is 11.3 Å². The van der Waals surface area contributed by atoms with Crippen molar-refractivity contribution in [3.63, 3.8) is 0 Å². The van der Waals surface area contributed by atoms with E-state index in [-0.39, 0.29) is 0 Å². The zero-order chi connectivity index (χ0) is 13.1. The Morgan fingerprint density at radius 1 is 1.21 bits per heavy atom. The van der Waals surface area contributed by atoms with Gasteiger partial charge in [0.1, 0.15) is 12.7 Å². The molecule has 19 heavy (non-hydrogen) atoms. The molecule has 1 aliphatic carbocycles. The molecule has 1 aromatic carbocycles. The second-order valence-corrected chi connectivity index (χ2v) is 4.42. The van der Waals surface area contributed by atoms with Crippen LogP contribution in [0.1, 0.15) is 17.5 Å². The molecule has 3 rings (SSSR count). The van der Waals surface area contributed by atoms with E-state index in [4.69, 9.17) is 5.21 Å². The van der Waals surface area contributed by atoms with Crippen LogP contribution in [0, 0.1) is 0 Å². The quantitative estimate of drug-likeness (QED) is 0.490. The van der Waals surface area contributed by atoms with Gasteiger partial charge in [-0.25, -0.2) is 15.0 Å². The third kappa shape index (κ3) is 2.20. The van der Waals surface area contributed by atoms with Gasteiger partial charge in [-0.2, -0.15) is 0 Å². The van der Waals surface area contributed by atoms with Crippen LogP contribution in [-0.2, 0) is 12.8 Å². The highest BCUT2D eigenvalue weighted by Gasteiger charge is 2.18. The minimum atomic E-state index is 0.614. The summed E-state index contributed by atoms with van der Waals surface area (Å²) in [6, 6.07) is 8.31. The molecular weight excluding hydrogens is 240 g/mol. The highest BCUT2D eigenvalue weighted by molar-refractivity contribution is 5.72. The average Bonchev–Trinajstić information content (AvgIpc) is 2.65. The number of aromatic nitrogens is 2. The number of fused-ring (bicyclic) bond motifs is 3. The molecule has 0 spiro atoms. The normalized spacial score (nSPS) is 13.7. The van der Waals surface area contributed by atoms with Crippen LogP contribution in [0.15, 0.2) is 35.6 Å². The Morgan fingerprint density at radius 3 is 3.00 bits per heavy atom. The number of nitrogens with zero attached hydrogens (tertiary/aromatic N) is 3. The van der Waals surface area contributed by atoms with Crippen LogP contribution in [0.3, 0.4) is 0 Å². The van der Waals surface area contributed by atoms with E-state index in [1.54, 1.807) is 0 Å². The SMILES string of the molecule is ONC=Nc1ncnc2c1CCCc1ccccc1-2. The number of nitrogens with one attached hydrogen (secondary N) is 1. The van der Waals surface area contributed by atoms with Crippen molar-refractivity contribution in [1.82, 2.24) is 15.4 Å². The van der Waals surface area contributed by atoms with Crippen LogP contribution < -0.4 is 5.48 Å². The standard InChI is InChI=1S/C14H14N4O/c19-18-9-17-14-12-7-3-5-10-4-1-2-6-11(10)13(12)15-8-16-14/h1-2,4,6,8-9,19H,3,5,7H2,(H,15,16,17,18). The molecule has 0 amide bonds. The van der Waals surface area contributed by atoms with Crippen molar-refractivity contribution in [3.8, 4) is 11.3 Å². The molecule has 0 fully saturated rings. The van der Waals surface area contributed by atoms with Gasteiger partial charge in [0.05, 0.1) is 5.69 Å². The summed E-state index contributed by atoms with van der Waals surface area (Å²) >= 11 is 0. The van der Waals surface area contributed by atoms with Crippen LogP contribution in [0.4, 0.5) is 5.82 Å². The van der Waals surface area contributed by atoms with Gasteiger partial charge in [-0.1, -0.05) is 24.3 Å². The molecule has 5 heteroatoms. The van der Waals surface area contributed by atoms with Crippen molar-refractivity contribution in [2.45, 2.75) is 19.3 Å². The van der Waals surface area contributed by atoms with E-state index in [1.165, 1.54) is 18.2 Å². The van der Waals surface area contributed by atoms with E-state index in [0.29, 0.717) is 5.82 Å². The summed E-state index contributed by atoms with van der Waals surface area (Å²) in [5.41, 5.74) is 6.37. The van der Waals surface area contributed by atoms with E-state index in [9.17, 15) is 0 Å². The monoisotopic (exact) mass is 254 g/mol. The molecule has 5 nitrogen and oxygen atoms in total. The van der Waals surface area contributed by atoms with Crippen molar-refractivity contribution >= 4 is 12.2 Å². The van der Waals surface area contributed by atoms with Crippen molar-refractivity contribution in [1.29, 1.82) is 0 Å². The van der Waals surface area contributed by atoms with E-state index >= 15 is 0 Å². The summed E-state index contributed by atoms with van der Waals surface area (Å²) in [4.78, 5) is 12.7. The number of aliphatic imine (C=N–C) groups is 1. The number of hydrogen-bond acceptors (Lipinski definition) is 4. The Hall–Kier alpha value is -2.27. The highest BCUT2D eigenvalue weighted by atomic mass is 16.5. The van der Waals surface area contributed by atoms with Crippen molar-refractivity contribution < 1.29 is 5.21 Å². The lowest BCUT2D eigenvalue weighted by molar-refractivity contribution is 0.240. The largest absolute Gasteiger partial charge is 0.290 e. The van der Waals surface area contributed by atoms with Gasteiger partial charge in [-0.15, -0.1) is 0 Å². The highest BCUT2D eigenvalue weighted by Crippen LogP contribution is 2.34. The minimum Gasteiger partial charge on any atom is -0.290 e. The maximum atomic E-state index is 8.60. The summed E-state index contributed by atoms with van der Waals surface area (Å²) in [6.45, 7) is 0. The number of rotatable bonds is 2. The molecular formula is C14H14N4O. The predicted octanol–water partition coefficient (Wildman–Crippen LogP) is 2.27. The van der Waals surface area contributed by atoms with Gasteiger partial charge in [-0.05, 0) is 24.8 Å². The zero-order valence-corrected chi connectivity index (χ0v) is 10.4. The lowest BCUT2D eigenvalue weighted by atomic mass is 10.0. The molecule has 1 aliphatic rings. The van der Waals surface area contributed by atoms with Crippen LogP contribution in [0.2, 0.25) is 0 Å². The number of hydrogen-bond donors (Lipinski definition) is 2. The summed E-state index contributed by atoms with van der Waals surface area (Å²) < 4.78 is 0. The third-order valence-electron chi connectivity index (χ3n) is 3.31. The van der Waals surface area contributed by atoms with Gasteiger partial charge in [0.15, 0.2) is 5.82 Å². The summed E-state index contributed by atoms with van der Waals surface area (Å²) in [5, 5.41) is 8.60. The van der Waals surface area contributed by atoms with E-state index in [1.807, 2.05) is 11.5 Å². The molecule has 0 aliphatic heterocycles. The average molecular weight is 254 g/mol. The molecule has 2 aromatic rings. The molecule has 96 valence electrons. The molecule has 0 unspecified atom stereocenters. The summed E-state index contributed by atoms with van der Waals surface area (Å²) in [6.07, 6.45) is 5.72. The maximum absolute atomic E-state index is 8.60. The Kier molecular flexibility index (Phi) is 3.20. The second-order valence-electron chi connectivity index (χ2n) is 4.42. The molecule has 0 saturated heterocycles. The molecule has 0 saturated carbocycles. The fourth-order valence-corrected chi connectivity index (χ4v) is 2.49. The first-order chi connectivity index (χ1) is 9.40. The van der Waals surface area contributed by atoms with E-state index in [0.717, 1.165) is 36.1 Å². The Bertz CT molecular complexity index is 625. The van der Waals surface area contributed by atoms with Gasteiger partial charge >= 0.3 is 0 Å². The lowest BCUT2D eigenvalue weighted by Gasteiger charge is -2.08. The van der Waals surface area contributed by atoms with E-state index in [2.05, 4.69) is 33.2 Å². The Labute approximate surface area is 111 Å². The van der Waals surface area contributed by atoms with Gasteiger partial charge < -0.3 is 0 Å². The smallest absolute Gasteiger partial charge is 0.160 e. The van der Waals surface area contributed by atoms with Gasteiger partial charge in [0.25, 0.3) is 0 Å². The van der Waals surface area contributed by atoms with Crippen molar-refractivity contribution in [2.75, 3.05) is 0 Å². The fourth-order valence-electron chi connectivity index (χ4n) is 2.49. The molecule has 2 N–H and O–H groups in total. The summed E-state index contributed by atoms with van der Waals surface area (Å²) in [5.74, 6) is 0.614. The molecule has 0 radical (unpaired) electrons. The topological polar surface area (TPSA) is 70.4 Å². The Balaban J connectivity index is 2.17. The number of aryl methyl sites for hydroxylation is 1. The van der Waals surface area contributed by atoms with Gasteiger partial charge in [0, 0.05) is 11.1 Å². The molecule has 0 bridgehead atoms. The van der Waals surface area contributed by atoms with Crippen LogP contribution in [0.5, 0.6) is 0 Å². The number of benzene rings is 1. The van der Waals surface area contributed by atoms with Crippen molar-refractivity contribution in [2.24, 2.45) is 4.99 Å². The van der Waals surface area contributed by atoms with Gasteiger partial charge in [0.2, 0.25) is 0 Å². The molecule has 1 aromatic heterocycles. The first kappa shape index (κ1) is 11.8. The molecule has 0 atom stereocenters. The van der Waals surface area contributed by atoms with Gasteiger partial charge in [-0.3, -0.25) is 10.7 Å². The lowest BCUT2D eigenvalue weighted by Crippen LogP contribution is -2.02. The minimum absolute atomic E-state index is 0.614. The Morgan fingerprint density at radius 2 is 2.11 bits per heavy atom. The second kappa shape index (κ2) is 5.16.